The first-order chi connectivity index (χ1) is 8.16. The van der Waals surface area contributed by atoms with Gasteiger partial charge in [0.1, 0.15) is 0 Å². The fraction of sp³-hybridized carbons (Fsp3) is 0.400. The minimum atomic E-state index is -0.322. The van der Waals surface area contributed by atoms with Crippen molar-refractivity contribution in [2.75, 3.05) is 7.11 Å². The number of terminal acetylenes is 1. The van der Waals surface area contributed by atoms with Crippen molar-refractivity contribution >= 4 is 5.69 Å². The van der Waals surface area contributed by atoms with Crippen LogP contribution in [0.15, 0.2) is 24.3 Å². The van der Waals surface area contributed by atoms with Gasteiger partial charge in [-0.2, -0.15) is 0 Å². The van der Waals surface area contributed by atoms with Gasteiger partial charge in [-0.15, -0.1) is 12.3 Å². The second-order valence-corrected chi connectivity index (χ2v) is 4.15. The monoisotopic (exact) mass is 227 g/mol. The molecule has 0 spiro atoms. The summed E-state index contributed by atoms with van der Waals surface area (Å²) in [5, 5.41) is 0. The molecule has 0 aromatic heterocycles. The lowest BCUT2D eigenvalue weighted by atomic mass is 9.90. The van der Waals surface area contributed by atoms with Crippen LogP contribution in [-0.2, 0) is 10.3 Å². The van der Waals surface area contributed by atoms with E-state index in [1.54, 1.807) is 7.11 Å². The van der Waals surface area contributed by atoms with Crippen molar-refractivity contribution < 1.29 is 4.74 Å². The Morgan fingerprint density at radius 3 is 2.53 bits per heavy atom. The Morgan fingerprint density at radius 2 is 2.06 bits per heavy atom. The summed E-state index contributed by atoms with van der Waals surface area (Å²) in [6.07, 6.45) is 7.83. The molecule has 2 nitrogen and oxygen atoms in total. The molecule has 2 heteroatoms. The van der Waals surface area contributed by atoms with E-state index in [2.05, 4.69) is 17.7 Å². The quantitative estimate of drug-likeness (QED) is 0.422. The normalized spacial score (nSPS) is 13.4. The lowest BCUT2D eigenvalue weighted by molar-refractivity contribution is -0.00678. The van der Waals surface area contributed by atoms with Crippen molar-refractivity contribution in [3.8, 4) is 12.3 Å². The molecule has 0 aliphatic carbocycles. The largest absolute Gasteiger partial charge is 0.374 e. The Hall–Kier alpha value is -1.77. The minimum Gasteiger partial charge on any atom is -0.374 e. The highest BCUT2D eigenvalue weighted by Gasteiger charge is 2.25. The van der Waals surface area contributed by atoms with Gasteiger partial charge in [-0.25, -0.2) is 4.85 Å². The minimum absolute atomic E-state index is 0.322. The zero-order valence-corrected chi connectivity index (χ0v) is 10.4. The third-order valence-corrected chi connectivity index (χ3v) is 3.03. The van der Waals surface area contributed by atoms with Crippen LogP contribution in [-0.4, -0.2) is 7.11 Å². The summed E-state index contributed by atoms with van der Waals surface area (Å²) >= 11 is 0. The Balaban J connectivity index is 2.84. The van der Waals surface area contributed by atoms with Crippen LogP contribution in [0.4, 0.5) is 5.69 Å². The first-order valence-electron chi connectivity index (χ1n) is 5.63. The summed E-state index contributed by atoms with van der Waals surface area (Å²) in [7, 11) is 1.71. The molecule has 0 N–H and O–H groups in total. The molecular weight excluding hydrogens is 210 g/mol. The summed E-state index contributed by atoms with van der Waals surface area (Å²) in [6, 6.07) is 7.54. The first-order valence-corrected chi connectivity index (χ1v) is 5.63. The molecule has 0 radical (unpaired) electrons. The molecule has 0 bridgehead atoms. The van der Waals surface area contributed by atoms with Gasteiger partial charge in [-0.05, 0) is 25.3 Å². The van der Waals surface area contributed by atoms with E-state index in [0.29, 0.717) is 5.69 Å². The van der Waals surface area contributed by atoms with Crippen molar-refractivity contribution in [2.24, 2.45) is 0 Å². The molecule has 1 aromatic carbocycles. The van der Waals surface area contributed by atoms with Crippen molar-refractivity contribution in [2.45, 2.75) is 31.8 Å². The molecule has 0 saturated heterocycles. The van der Waals surface area contributed by atoms with Crippen LogP contribution in [0.25, 0.3) is 4.85 Å². The number of hydrogen-bond donors (Lipinski definition) is 0. The Kier molecular flexibility index (Phi) is 4.76. The number of hydrogen-bond acceptors (Lipinski definition) is 1. The fourth-order valence-electron chi connectivity index (χ4n) is 1.78. The molecule has 0 aliphatic heterocycles. The molecule has 0 heterocycles. The lowest BCUT2D eigenvalue weighted by Gasteiger charge is -2.28. The van der Waals surface area contributed by atoms with Crippen LogP contribution in [0.2, 0.25) is 0 Å². The molecule has 0 aliphatic rings. The third-order valence-electron chi connectivity index (χ3n) is 3.03. The molecule has 0 fully saturated rings. The van der Waals surface area contributed by atoms with Gasteiger partial charge in [0.2, 0.25) is 0 Å². The van der Waals surface area contributed by atoms with E-state index in [4.69, 9.17) is 17.7 Å². The molecule has 88 valence electrons. The fourth-order valence-corrected chi connectivity index (χ4v) is 1.78. The molecule has 17 heavy (non-hydrogen) atoms. The summed E-state index contributed by atoms with van der Waals surface area (Å²) in [5.74, 6) is 2.64. The van der Waals surface area contributed by atoms with Crippen LogP contribution in [0.1, 0.15) is 31.7 Å². The van der Waals surface area contributed by atoms with Crippen molar-refractivity contribution in [1.29, 1.82) is 0 Å². The van der Waals surface area contributed by atoms with Crippen molar-refractivity contribution in [3.63, 3.8) is 0 Å². The second kappa shape index (κ2) is 6.09. The van der Waals surface area contributed by atoms with E-state index in [-0.39, 0.29) is 5.60 Å². The Bertz CT molecular complexity index is 435. The van der Waals surface area contributed by atoms with Gasteiger partial charge in [0, 0.05) is 13.5 Å². The maximum atomic E-state index is 6.92. The average Bonchev–Trinajstić information content (AvgIpc) is 2.39. The molecule has 0 saturated carbocycles. The smallest absolute Gasteiger partial charge is 0.187 e. The van der Waals surface area contributed by atoms with Crippen LogP contribution >= 0.6 is 0 Å². The molecule has 1 aromatic rings. The van der Waals surface area contributed by atoms with Gasteiger partial charge in [-0.3, -0.25) is 0 Å². The number of nitrogens with zero attached hydrogens (tertiary/aromatic N) is 1. The Morgan fingerprint density at radius 1 is 1.41 bits per heavy atom. The van der Waals surface area contributed by atoms with Gasteiger partial charge in [0.25, 0.3) is 0 Å². The number of methoxy groups -OCH3 is 1. The predicted octanol–water partition coefficient (Wildman–Crippen LogP) is 3.90. The third kappa shape index (κ3) is 3.34. The standard InChI is InChI=1S/C15H17NO/c1-5-6-7-12-15(2,17-4)13-8-10-14(16-3)11-9-13/h1,8-11H,6-7,12H2,2,4H3. The van der Waals surface area contributed by atoms with E-state index in [1.165, 1.54) is 0 Å². The van der Waals surface area contributed by atoms with Crippen LogP contribution in [0, 0.1) is 18.9 Å². The number of benzene rings is 1. The molecule has 1 atom stereocenters. The predicted molar refractivity (Wildman–Crippen MR) is 69.7 cm³/mol. The van der Waals surface area contributed by atoms with E-state index < -0.39 is 0 Å². The number of unbranched alkanes of at least 4 members (excludes halogenated alkanes) is 1. The van der Waals surface area contributed by atoms with Gasteiger partial charge < -0.3 is 4.74 Å². The van der Waals surface area contributed by atoms with E-state index in [1.807, 2.05) is 24.3 Å². The Labute approximate surface area is 103 Å². The van der Waals surface area contributed by atoms with Crippen LogP contribution in [0.3, 0.4) is 0 Å². The first kappa shape index (κ1) is 13.3. The molecular formula is C15H17NO. The summed E-state index contributed by atoms with van der Waals surface area (Å²) in [5.41, 5.74) is 1.41. The summed E-state index contributed by atoms with van der Waals surface area (Å²) in [6.45, 7) is 8.97. The van der Waals surface area contributed by atoms with Gasteiger partial charge >= 0.3 is 0 Å². The van der Waals surface area contributed by atoms with Crippen molar-refractivity contribution in [1.82, 2.24) is 0 Å². The van der Waals surface area contributed by atoms with E-state index >= 15 is 0 Å². The molecule has 1 rings (SSSR count). The summed E-state index contributed by atoms with van der Waals surface area (Å²) in [4.78, 5) is 3.38. The van der Waals surface area contributed by atoms with Gasteiger partial charge in [0.15, 0.2) is 5.69 Å². The number of rotatable bonds is 5. The molecule has 1 unspecified atom stereocenters. The zero-order valence-electron chi connectivity index (χ0n) is 10.4. The molecule has 0 amide bonds. The average molecular weight is 227 g/mol. The summed E-state index contributed by atoms with van der Waals surface area (Å²) < 4.78 is 5.60. The topological polar surface area (TPSA) is 13.6 Å². The van der Waals surface area contributed by atoms with E-state index in [0.717, 1.165) is 24.8 Å². The van der Waals surface area contributed by atoms with E-state index in [9.17, 15) is 0 Å². The van der Waals surface area contributed by atoms with Crippen LogP contribution in [0.5, 0.6) is 0 Å². The lowest BCUT2D eigenvalue weighted by Crippen LogP contribution is -2.24. The maximum absolute atomic E-state index is 6.92. The SMILES string of the molecule is [C-]#[N+]c1ccc(C(C)(CCCC#C)OC)cc1. The highest BCUT2D eigenvalue weighted by molar-refractivity contribution is 5.46. The van der Waals surface area contributed by atoms with Gasteiger partial charge in [0.05, 0.1) is 12.2 Å². The second-order valence-electron chi connectivity index (χ2n) is 4.15. The maximum Gasteiger partial charge on any atom is 0.187 e. The van der Waals surface area contributed by atoms with Crippen molar-refractivity contribution in [3.05, 3.63) is 41.2 Å². The van der Waals surface area contributed by atoms with Gasteiger partial charge in [-0.1, -0.05) is 24.3 Å². The zero-order chi connectivity index (χ0) is 12.7. The highest BCUT2D eigenvalue weighted by Crippen LogP contribution is 2.31. The number of ether oxygens (including phenoxy) is 1. The highest BCUT2D eigenvalue weighted by atomic mass is 16.5. The van der Waals surface area contributed by atoms with Crippen LogP contribution < -0.4 is 0 Å².